The molecule has 0 saturated carbocycles. The average Bonchev–Trinajstić information content (AvgIpc) is 3.07. The molecule has 0 spiro atoms. The maximum absolute atomic E-state index is 12.3. The molecule has 3 aromatic rings. The molecule has 0 saturated heterocycles. The molecule has 0 aliphatic heterocycles. The van der Waals surface area contributed by atoms with Crippen molar-refractivity contribution in [3.05, 3.63) is 64.3 Å². The van der Waals surface area contributed by atoms with Crippen LogP contribution in [0.15, 0.2) is 42.5 Å². The number of hydrogen-bond donors (Lipinski definition) is 1. The number of hydrogen-bond acceptors (Lipinski definition) is 4. The number of nitrogens with zero attached hydrogens (tertiary/aromatic N) is 3. The van der Waals surface area contributed by atoms with E-state index in [1.807, 2.05) is 6.07 Å². The van der Waals surface area contributed by atoms with E-state index >= 15 is 0 Å². The highest BCUT2D eigenvalue weighted by Gasteiger charge is 2.31. The zero-order valence-electron chi connectivity index (χ0n) is 13.5. The highest BCUT2D eigenvalue weighted by molar-refractivity contribution is 6.31. The van der Waals surface area contributed by atoms with Crippen molar-refractivity contribution < 1.29 is 17.9 Å². The largest absolute Gasteiger partial charge is 0.573 e. The van der Waals surface area contributed by atoms with Crippen molar-refractivity contribution in [2.45, 2.75) is 6.36 Å². The van der Waals surface area contributed by atoms with Gasteiger partial charge in [0, 0.05) is 10.6 Å². The molecule has 2 aromatic carbocycles. The number of ether oxygens (including phenoxy) is 1. The number of aromatic nitrogens is 3. The minimum Gasteiger partial charge on any atom is -0.406 e. The van der Waals surface area contributed by atoms with Crippen LogP contribution in [0.4, 0.5) is 13.2 Å². The van der Waals surface area contributed by atoms with Crippen molar-refractivity contribution >= 4 is 23.8 Å². The van der Waals surface area contributed by atoms with Gasteiger partial charge in [0.2, 0.25) is 0 Å². The second-order valence-electron chi connectivity index (χ2n) is 5.36. The molecule has 136 valence electrons. The van der Waals surface area contributed by atoms with Crippen molar-refractivity contribution in [1.82, 2.24) is 15.4 Å². The molecule has 0 fully saturated rings. The lowest BCUT2D eigenvalue weighted by molar-refractivity contribution is -0.274. The molecule has 0 radical (unpaired) electrons. The summed E-state index contributed by atoms with van der Waals surface area (Å²) in [6, 6.07) is 12.5. The van der Waals surface area contributed by atoms with E-state index in [1.165, 1.54) is 18.2 Å². The first-order valence-corrected chi connectivity index (χ1v) is 7.87. The summed E-state index contributed by atoms with van der Waals surface area (Å²) in [6.07, 6.45) is -1.46. The minimum absolute atomic E-state index is 0.129. The van der Waals surface area contributed by atoms with E-state index in [1.54, 1.807) is 36.4 Å². The van der Waals surface area contributed by atoms with Crippen LogP contribution in [0.1, 0.15) is 16.8 Å². The molecular weight excluding hydrogens is 381 g/mol. The van der Waals surface area contributed by atoms with Crippen LogP contribution in [0.3, 0.4) is 0 Å². The highest BCUT2D eigenvalue weighted by atomic mass is 35.5. The van der Waals surface area contributed by atoms with Crippen molar-refractivity contribution in [3.63, 3.8) is 0 Å². The lowest BCUT2D eigenvalue weighted by atomic mass is 10.1. The zero-order valence-corrected chi connectivity index (χ0v) is 14.2. The second kappa shape index (κ2) is 7.51. The highest BCUT2D eigenvalue weighted by Crippen LogP contribution is 2.27. The van der Waals surface area contributed by atoms with E-state index in [4.69, 9.17) is 16.9 Å². The predicted octanol–water partition coefficient (Wildman–Crippen LogP) is 5.07. The van der Waals surface area contributed by atoms with Gasteiger partial charge in [0.15, 0.2) is 5.69 Å². The molecule has 1 N–H and O–H groups in total. The maximum Gasteiger partial charge on any atom is 0.573 e. The van der Waals surface area contributed by atoms with Crippen molar-refractivity contribution in [1.29, 1.82) is 5.26 Å². The summed E-state index contributed by atoms with van der Waals surface area (Å²) in [4.78, 5) is 0. The summed E-state index contributed by atoms with van der Waals surface area (Å²) in [6.45, 7) is 0. The quantitative estimate of drug-likeness (QED) is 0.631. The van der Waals surface area contributed by atoms with Gasteiger partial charge in [-0.1, -0.05) is 35.9 Å². The molecule has 0 amide bonds. The van der Waals surface area contributed by atoms with Crippen molar-refractivity contribution in [2.75, 3.05) is 0 Å². The summed E-state index contributed by atoms with van der Waals surface area (Å²) in [5.74, 6) is -0.308. The van der Waals surface area contributed by atoms with Gasteiger partial charge in [0.1, 0.15) is 17.5 Å². The van der Waals surface area contributed by atoms with Gasteiger partial charge in [0.05, 0.1) is 0 Å². The fourth-order valence-electron chi connectivity index (χ4n) is 2.36. The molecule has 0 unspecified atom stereocenters. The van der Waals surface area contributed by atoms with E-state index in [2.05, 4.69) is 20.1 Å². The Bertz CT molecular complexity index is 1040. The van der Waals surface area contributed by atoms with E-state index in [0.29, 0.717) is 27.4 Å². The first-order chi connectivity index (χ1) is 12.8. The molecule has 0 aliphatic carbocycles. The van der Waals surface area contributed by atoms with Crippen LogP contribution in [-0.4, -0.2) is 21.8 Å². The molecule has 0 bridgehead atoms. The fourth-order valence-corrected chi connectivity index (χ4v) is 2.61. The van der Waals surface area contributed by atoms with Crippen LogP contribution >= 0.6 is 11.6 Å². The smallest absolute Gasteiger partial charge is 0.406 e. The average molecular weight is 391 g/mol. The van der Waals surface area contributed by atoms with Crippen LogP contribution in [-0.2, 0) is 0 Å². The SMILES string of the molecule is N#Cc1n[nH]nc1-c1cc(Cl)cc(/C=C/c2cccc(OC(F)(F)F)c2)c1. The standard InChI is InChI=1S/C18H10ClF3N4O/c19-14-7-12(6-13(9-14)17-16(10-23)24-26-25-17)5-4-11-2-1-3-15(8-11)27-18(20,21)22/h1-9H,(H,24,25,26)/b5-4+. The van der Waals surface area contributed by atoms with Gasteiger partial charge in [-0.25, -0.2) is 0 Å². The molecule has 1 aromatic heterocycles. The Kier molecular flexibility index (Phi) is 5.14. The van der Waals surface area contributed by atoms with Crippen LogP contribution in [0, 0.1) is 11.3 Å². The molecule has 27 heavy (non-hydrogen) atoms. The first kappa shape index (κ1) is 18.5. The van der Waals surface area contributed by atoms with Crippen LogP contribution in [0.2, 0.25) is 5.02 Å². The summed E-state index contributed by atoms with van der Waals surface area (Å²) < 4.78 is 40.9. The van der Waals surface area contributed by atoms with Gasteiger partial charge < -0.3 is 4.74 Å². The normalized spacial score (nSPS) is 11.5. The number of nitrogens with one attached hydrogen (secondary N) is 1. The number of nitriles is 1. The molecule has 5 nitrogen and oxygen atoms in total. The van der Waals surface area contributed by atoms with Crippen LogP contribution in [0.25, 0.3) is 23.4 Å². The topological polar surface area (TPSA) is 74.6 Å². The van der Waals surface area contributed by atoms with Crippen molar-refractivity contribution in [2.24, 2.45) is 0 Å². The Hall–Kier alpha value is -3.31. The lowest BCUT2D eigenvalue weighted by Crippen LogP contribution is -2.17. The molecule has 0 aliphatic rings. The Balaban J connectivity index is 1.88. The third kappa shape index (κ3) is 4.86. The van der Waals surface area contributed by atoms with Gasteiger partial charge in [-0.05, 0) is 41.5 Å². The van der Waals surface area contributed by atoms with E-state index in [-0.39, 0.29) is 11.4 Å². The van der Waals surface area contributed by atoms with E-state index < -0.39 is 6.36 Å². The monoisotopic (exact) mass is 390 g/mol. The number of rotatable bonds is 4. The van der Waals surface area contributed by atoms with Gasteiger partial charge >= 0.3 is 6.36 Å². The Morgan fingerprint density at radius 2 is 1.85 bits per heavy atom. The molecule has 3 rings (SSSR count). The second-order valence-corrected chi connectivity index (χ2v) is 5.80. The minimum atomic E-state index is -4.75. The maximum atomic E-state index is 12.3. The number of benzene rings is 2. The number of alkyl halides is 3. The van der Waals surface area contributed by atoms with Gasteiger partial charge in [-0.3, -0.25) is 0 Å². The zero-order chi connectivity index (χ0) is 19.4. The Morgan fingerprint density at radius 3 is 2.59 bits per heavy atom. The Labute approximate surface area is 156 Å². The predicted molar refractivity (Wildman–Crippen MR) is 93.6 cm³/mol. The summed E-state index contributed by atoms with van der Waals surface area (Å²) in [5.41, 5.74) is 2.25. The number of aromatic amines is 1. The van der Waals surface area contributed by atoms with E-state index in [0.717, 1.165) is 0 Å². The first-order valence-electron chi connectivity index (χ1n) is 7.50. The third-order valence-corrected chi connectivity index (χ3v) is 3.63. The van der Waals surface area contributed by atoms with E-state index in [9.17, 15) is 13.2 Å². The number of halogens is 4. The van der Waals surface area contributed by atoms with Gasteiger partial charge in [-0.2, -0.15) is 15.6 Å². The summed E-state index contributed by atoms with van der Waals surface area (Å²) in [5, 5.41) is 19.5. The van der Waals surface area contributed by atoms with Gasteiger partial charge in [0.25, 0.3) is 0 Å². The summed E-state index contributed by atoms with van der Waals surface area (Å²) in [7, 11) is 0. The summed E-state index contributed by atoms with van der Waals surface area (Å²) >= 11 is 6.12. The van der Waals surface area contributed by atoms with Gasteiger partial charge in [-0.15, -0.1) is 18.3 Å². The van der Waals surface area contributed by atoms with Crippen LogP contribution in [0.5, 0.6) is 5.75 Å². The molecule has 9 heteroatoms. The van der Waals surface area contributed by atoms with Crippen LogP contribution < -0.4 is 4.74 Å². The lowest BCUT2D eigenvalue weighted by Gasteiger charge is -2.08. The molecule has 0 atom stereocenters. The van der Waals surface area contributed by atoms with Crippen molar-refractivity contribution in [3.8, 4) is 23.1 Å². The molecular formula is C18H10ClF3N4O. The number of H-pyrrole nitrogens is 1. The third-order valence-electron chi connectivity index (χ3n) is 3.41. The molecule has 1 heterocycles. The Morgan fingerprint density at radius 1 is 1.07 bits per heavy atom. The fraction of sp³-hybridized carbons (Fsp3) is 0.0556.